The molecule has 0 bridgehead atoms. The number of carbonyl (C=O) groups excluding carboxylic acids is 3. The first-order chi connectivity index (χ1) is 10.4. The number of amides is 2. The Bertz CT molecular complexity index is 720. The average molecular weight is 338 g/mol. The molecule has 0 aromatic carbocycles. The quantitative estimate of drug-likeness (QED) is 0.818. The van der Waals surface area contributed by atoms with Crippen LogP contribution in [0.15, 0.2) is 22.9 Å². The molecule has 0 aliphatic carbocycles. The molecule has 2 amide bonds. The van der Waals surface area contributed by atoms with Crippen molar-refractivity contribution in [2.75, 3.05) is 5.32 Å². The second-order valence-electron chi connectivity index (χ2n) is 4.50. The number of primary amides is 1. The van der Waals surface area contributed by atoms with Crippen molar-refractivity contribution in [2.45, 2.75) is 20.0 Å². The Labute approximate surface area is 134 Å². The van der Waals surface area contributed by atoms with E-state index in [0.717, 1.165) is 5.56 Å². The van der Waals surface area contributed by atoms with Gasteiger partial charge < -0.3 is 15.8 Å². The molecule has 6 nitrogen and oxygen atoms in total. The summed E-state index contributed by atoms with van der Waals surface area (Å²) >= 11 is 2.43. The molecule has 0 aliphatic heterocycles. The van der Waals surface area contributed by atoms with E-state index >= 15 is 0 Å². The molecule has 8 heteroatoms. The summed E-state index contributed by atoms with van der Waals surface area (Å²) in [4.78, 5) is 35.7. The van der Waals surface area contributed by atoms with E-state index in [0.29, 0.717) is 9.88 Å². The Hall–Kier alpha value is -2.19. The molecule has 0 fully saturated rings. The molecule has 0 saturated carbocycles. The van der Waals surface area contributed by atoms with Gasteiger partial charge in [0.1, 0.15) is 9.88 Å². The van der Waals surface area contributed by atoms with Crippen molar-refractivity contribution >= 4 is 45.5 Å². The van der Waals surface area contributed by atoms with E-state index in [9.17, 15) is 14.4 Å². The lowest BCUT2D eigenvalue weighted by molar-refractivity contribution is -0.123. The molecule has 0 saturated heterocycles. The summed E-state index contributed by atoms with van der Waals surface area (Å²) in [6.45, 7) is 3.26. The highest BCUT2D eigenvalue weighted by Crippen LogP contribution is 2.23. The fourth-order valence-electron chi connectivity index (χ4n) is 1.66. The standard InChI is InChI=1S/C14H14N2O4S2/c1-7-3-5-21-10(7)14(19)20-8(2)12(18)16-13-9(11(15)17)4-6-22-13/h3-6,8H,1-2H3,(H2,15,17)(H,16,18)/t8-/m0/s1. The smallest absolute Gasteiger partial charge is 0.349 e. The maximum atomic E-state index is 12.0. The minimum atomic E-state index is -0.989. The van der Waals surface area contributed by atoms with Gasteiger partial charge >= 0.3 is 5.97 Å². The molecule has 1 atom stereocenters. The Kier molecular flexibility index (Phi) is 4.94. The number of ether oxygens (including phenoxy) is 1. The molecule has 2 aromatic heterocycles. The van der Waals surface area contributed by atoms with Gasteiger partial charge in [-0.1, -0.05) is 0 Å². The Morgan fingerprint density at radius 3 is 2.50 bits per heavy atom. The third-order valence-electron chi connectivity index (χ3n) is 2.87. The first kappa shape index (κ1) is 16.2. The summed E-state index contributed by atoms with van der Waals surface area (Å²) in [6.07, 6.45) is -0.989. The molecular formula is C14H14N2O4S2. The topological polar surface area (TPSA) is 98.5 Å². The number of esters is 1. The van der Waals surface area contributed by atoms with E-state index < -0.39 is 23.9 Å². The minimum absolute atomic E-state index is 0.228. The van der Waals surface area contributed by atoms with Crippen molar-refractivity contribution in [3.05, 3.63) is 38.9 Å². The van der Waals surface area contributed by atoms with Crippen molar-refractivity contribution in [3.8, 4) is 0 Å². The van der Waals surface area contributed by atoms with Gasteiger partial charge in [-0.2, -0.15) is 0 Å². The van der Waals surface area contributed by atoms with Gasteiger partial charge in [-0.05, 0) is 42.3 Å². The fourth-order valence-corrected chi connectivity index (χ4v) is 3.26. The van der Waals surface area contributed by atoms with Crippen molar-refractivity contribution < 1.29 is 19.1 Å². The van der Waals surface area contributed by atoms with Crippen LogP contribution in [0.1, 0.15) is 32.5 Å². The predicted molar refractivity (Wildman–Crippen MR) is 85.4 cm³/mol. The van der Waals surface area contributed by atoms with E-state index in [2.05, 4.69) is 5.32 Å². The van der Waals surface area contributed by atoms with Crippen LogP contribution < -0.4 is 11.1 Å². The second kappa shape index (κ2) is 6.71. The zero-order valence-electron chi connectivity index (χ0n) is 11.9. The van der Waals surface area contributed by atoms with E-state index in [-0.39, 0.29) is 5.56 Å². The molecular weight excluding hydrogens is 324 g/mol. The van der Waals surface area contributed by atoms with Crippen molar-refractivity contribution in [3.63, 3.8) is 0 Å². The van der Waals surface area contributed by atoms with Crippen LogP contribution in [-0.2, 0) is 9.53 Å². The molecule has 2 heterocycles. The SMILES string of the molecule is Cc1ccsc1C(=O)O[C@@H](C)C(=O)Nc1sccc1C(N)=O. The Morgan fingerprint density at radius 1 is 1.23 bits per heavy atom. The van der Waals surface area contributed by atoms with Crippen LogP contribution in [0.4, 0.5) is 5.00 Å². The maximum absolute atomic E-state index is 12.0. The minimum Gasteiger partial charge on any atom is -0.448 e. The molecule has 0 aliphatic rings. The molecule has 116 valence electrons. The summed E-state index contributed by atoms with van der Waals surface area (Å²) in [5, 5.41) is 6.30. The number of nitrogens with two attached hydrogens (primary N) is 1. The highest BCUT2D eigenvalue weighted by atomic mass is 32.1. The third kappa shape index (κ3) is 3.52. The molecule has 0 unspecified atom stereocenters. The summed E-state index contributed by atoms with van der Waals surface area (Å²) in [6, 6.07) is 3.32. The first-order valence-electron chi connectivity index (χ1n) is 6.33. The predicted octanol–water partition coefficient (Wildman–Crippen LogP) is 2.40. The summed E-state index contributed by atoms with van der Waals surface area (Å²) in [5.41, 5.74) is 6.24. The van der Waals surface area contributed by atoms with E-state index in [1.807, 2.05) is 0 Å². The van der Waals surface area contributed by atoms with Gasteiger partial charge in [-0.3, -0.25) is 9.59 Å². The van der Waals surface area contributed by atoms with Crippen molar-refractivity contribution in [1.82, 2.24) is 0 Å². The summed E-state index contributed by atoms with van der Waals surface area (Å²) < 4.78 is 5.13. The van der Waals surface area contributed by atoms with Gasteiger partial charge in [-0.15, -0.1) is 22.7 Å². The van der Waals surface area contributed by atoms with E-state index in [4.69, 9.17) is 10.5 Å². The number of nitrogens with one attached hydrogen (secondary N) is 1. The number of hydrogen-bond acceptors (Lipinski definition) is 6. The lowest BCUT2D eigenvalue weighted by atomic mass is 10.3. The Balaban J connectivity index is 2.01. The molecule has 2 rings (SSSR count). The maximum Gasteiger partial charge on any atom is 0.349 e. The van der Waals surface area contributed by atoms with E-state index in [1.54, 1.807) is 23.8 Å². The monoisotopic (exact) mass is 338 g/mol. The lowest BCUT2D eigenvalue weighted by Gasteiger charge is -2.13. The van der Waals surface area contributed by atoms with Gasteiger partial charge in [0, 0.05) is 0 Å². The van der Waals surface area contributed by atoms with Crippen molar-refractivity contribution in [2.24, 2.45) is 5.73 Å². The van der Waals surface area contributed by atoms with Crippen molar-refractivity contribution in [1.29, 1.82) is 0 Å². The van der Waals surface area contributed by atoms with Crippen LogP contribution in [0.25, 0.3) is 0 Å². The zero-order chi connectivity index (χ0) is 16.3. The van der Waals surface area contributed by atoms with Crippen LogP contribution in [0.5, 0.6) is 0 Å². The van der Waals surface area contributed by atoms with Crippen LogP contribution >= 0.6 is 22.7 Å². The molecule has 0 spiro atoms. The third-order valence-corrected chi connectivity index (χ3v) is 4.69. The average Bonchev–Trinajstić information content (AvgIpc) is 3.07. The highest BCUT2D eigenvalue weighted by Gasteiger charge is 2.22. The zero-order valence-corrected chi connectivity index (χ0v) is 13.5. The number of rotatable bonds is 5. The second-order valence-corrected chi connectivity index (χ2v) is 6.33. The number of hydrogen-bond donors (Lipinski definition) is 2. The van der Waals surface area contributed by atoms with Gasteiger partial charge in [0.15, 0.2) is 6.10 Å². The lowest BCUT2D eigenvalue weighted by Crippen LogP contribution is -2.30. The van der Waals surface area contributed by atoms with Crippen LogP contribution in [0, 0.1) is 6.92 Å². The molecule has 2 aromatic rings. The molecule has 22 heavy (non-hydrogen) atoms. The van der Waals surface area contributed by atoms with E-state index in [1.165, 1.54) is 35.7 Å². The molecule has 3 N–H and O–H groups in total. The number of thiophene rings is 2. The molecule has 0 radical (unpaired) electrons. The van der Waals surface area contributed by atoms with Gasteiger partial charge in [0.2, 0.25) is 0 Å². The largest absolute Gasteiger partial charge is 0.448 e. The number of anilines is 1. The Morgan fingerprint density at radius 2 is 1.91 bits per heavy atom. The highest BCUT2D eigenvalue weighted by molar-refractivity contribution is 7.14. The van der Waals surface area contributed by atoms with Crippen LogP contribution in [0.2, 0.25) is 0 Å². The van der Waals surface area contributed by atoms with Crippen LogP contribution in [0.3, 0.4) is 0 Å². The van der Waals surface area contributed by atoms with Gasteiger partial charge in [0.05, 0.1) is 5.56 Å². The van der Waals surface area contributed by atoms with Crippen LogP contribution in [-0.4, -0.2) is 23.9 Å². The fraction of sp³-hybridized carbons (Fsp3) is 0.214. The first-order valence-corrected chi connectivity index (χ1v) is 8.09. The van der Waals surface area contributed by atoms with Gasteiger partial charge in [0.25, 0.3) is 11.8 Å². The number of aryl methyl sites for hydroxylation is 1. The summed E-state index contributed by atoms with van der Waals surface area (Å²) in [7, 11) is 0. The summed E-state index contributed by atoms with van der Waals surface area (Å²) in [5.74, 6) is -1.70. The van der Waals surface area contributed by atoms with Gasteiger partial charge in [-0.25, -0.2) is 4.79 Å². The normalized spacial score (nSPS) is 11.7. The number of carbonyl (C=O) groups is 3.